The molecule has 2 nitrogen and oxygen atoms in total. The Morgan fingerprint density at radius 2 is 2.15 bits per heavy atom. The molecular formula is C10H18N2S. The summed E-state index contributed by atoms with van der Waals surface area (Å²) in [6, 6.07) is 0. The second-order valence-electron chi connectivity index (χ2n) is 4.28. The second kappa shape index (κ2) is 4.20. The summed E-state index contributed by atoms with van der Waals surface area (Å²) in [7, 11) is 0. The van der Waals surface area contributed by atoms with Crippen molar-refractivity contribution < 1.29 is 0 Å². The summed E-state index contributed by atoms with van der Waals surface area (Å²) in [6.45, 7) is 9.59. The van der Waals surface area contributed by atoms with E-state index in [1.165, 1.54) is 5.69 Å². The molecule has 1 N–H and O–H groups in total. The lowest BCUT2D eigenvalue weighted by Crippen LogP contribution is -2.37. The van der Waals surface area contributed by atoms with Crippen LogP contribution in [0.3, 0.4) is 0 Å². The third-order valence-corrected chi connectivity index (χ3v) is 2.53. The number of nitrogens with zero attached hydrogens (tertiary/aromatic N) is 1. The first-order chi connectivity index (χ1) is 5.97. The zero-order valence-corrected chi connectivity index (χ0v) is 9.66. The van der Waals surface area contributed by atoms with Crippen molar-refractivity contribution in [2.75, 3.05) is 6.54 Å². The maximum atomic E-state index is 4.41. The van der Waals surface area contributed by atoms with E-state index in [9.17, 15) is 0 Å². The molecule has 0 aliphatic rings. The molecule has 1 aromatic heterocycles. The molecule has 0 aliphatic carbocycles. The van der Waals surface area contributed by atoms with E-state index in [-0.39, 0.29) is 5.54 Å². The Morgan fingerprint density at radius 3 is 2.62 bits per heavy atom. The summed E-state index contributed by atoms with van der Waals surface area (Å²) in [5, 5.41) is 6.74. The standard InChI is InChI=1S/C10H18N2S/c1-8-12-9(7-13-8)5-6-11-10(2,3)4/h7,11H,5-6H2,1-4H3. The molecule has 0 unspecified atom stereocenters. The molecule has 0 saturated heterocycles. The van der Waals surface area contributed by atoms with Crippen LogP contribution in [0, 0.1) is 6.92 Å². The molecule has 0 spiro atoms. The van der Waals surface area contributed by atoms with Gasteiger partial charge >= 0.3 is 0 Å². The Balaban J connectivity index is 2.28. The number of nitrogens with one attached hydrogen (secondary N) is 1. The Morgan fingerprint density at radius 1 is 1.46 bits per heavy atom. The number of thiazole rings is 1. The Labute approximate surface area is 84.4 Å². The van der Waals surface area contributed by atoms with Crippen LogP contribution in [0.1, 0.15) is 31.5 Å². The van der Waals surface area contributed by atoms with Crippen LogP contribution in [-0.4, -0.2) is 17.1 Å². The molecule has 0 saturated carbocycles. The average Bonchev–Trinajstić information content (AvgIpc) is 2.33. The van der Waals surface area contributed by atoms with Crippen LogP contribution in [-0.2, 0) is 6.42 Å². The topological polar surface area (TPSA) is 24.9 Å². The van der Waals surface area contributed by atoms with E-state index in [0.717, 1.165) is 18.0 Å². The van der Waals surface area contributed by atoms with Crippen LogP contribution in [0.5, 0.6) is 0 Å². The van der Waals surface area contributed by atoms with E-state index < -0.39 is 0 Å². The molecule has 3 heteroatoms. The third kappa shape index (κ3) is 4.39. The lowest BCUT2D eigenvalue weighted by atomic mass is 10.1. The number of hydrogen-bond donors (Lipinski definition) is 1. The average molecular weight is 198 g/mol. The molecule has 13 heavy (non-hydrogen) atoms. The van der Waals surface area contributed by atoms with E-state index >= 15 is 0 Å². The monoisotopic (exact) mass is 198 g/mol. The highest BCUT2D eigenvalue weighted by Gasteiger charge is 2.08. The van der Waals surface area contributed by atoms with Gasteiger partial charge < -0.3 is 5.32 Å². The van der Waals surface area contributed by atoms with Crippen LogP contribution in [0.25, 0.3) is 0 Å². The van der Waals surface area contributed by atoms with E-state index in [4.69, 9.17) is 0 Å². The summed E-state index contributed by atoms with van der Waals surface area (Å²) in [5.41, 5.74) is 1.42. The molecule has 0 radical (unpaired) electrons. The van der Waals surface area contributed by atoms with Gasteiger partial charge in [0.15, 0.2) is 0 Å². The fourth-order valence-corrected chi connectivity index (χ4v) is 1.74. The van der Waals surface area contributed by atoms with Gasteiger partial charge in [-0.3, -0.25) is 0 Å². The summed E-state index contributed by atoms with van der Waals surface area (Å²) in [6.07, 6.45) is 1.03. The lowest BCUT2D eigenvalue weighted by molar-refractivity contribution is 0.428. The SMILES string of the molecule is Cc1nc(CCNC(C)(C)C)cs1. The normalized spacial score (nSPS) is 12.0. The molecule has 0 aliphatic heterocycles. The maximum absolute atomic E-state index is 4.41. The van der Waals surface area contributed by atoms with Gasteiger partial charge in [-0.05, 0) is 27.7 Å². The van der Waals surface area contributed by atoms with Crippen molar-refractivity contribution in [3.05, 3.63) is 16.1 Å². The molecule has 0 bridgehead atoms. The van der Waals surface area contributed by atoms with Crippen molar-refractivity contribution in [1.29, 1.82) is 0 Å². The van der Waals surface area contributed by atoms with Gasteiger partial charge in [-0.25, -0.2) is 4.98 Å². The summed E-state index contributed by atoms with van der Waals surface area (Å²) < 4.78 is 0. The van der Waals surface area contributed by atoms with Gasteiger partial charge in [0.25, 0.3) is 0 Å². The number of aromatic nitrogens is 1. The van der Waals surface area contributed by atoms with Crippen LogP contribution in [0.4, 0.5) is 0 Å². The highest BCUT2D eigenvalue weighted by atomic mass is 32.1. The Kier molecular flexibility index (Phi) is 3.45. The van der Waals surface area contributed by atoms with E-state index in [1.54, 1.807) is 11.3 Å². The number of aryl methyl sites for hydroxylation is 1. The van der Waals surface area contributed by atoms with Crippen molar-refractivity contribution in [2.45, 2.75) is 39.7 Å². The van der Waals surface area contributed by atoms with E-state index in [0.29, 0.717) is 0 Å². The molecule has 1 aromatic rings. The maximum Gasteiger partial charge on any atom is 0.0897 e. The molecule has 1 rings (SSSR count). The highest BCUT2D eigenvalue weighted by molar-refractivity contribution is 7.09. The van der Waals surface area contributed by atoms with Crippen LogP contribution in [0.15, 0.2) is 5.38 Å². The van der Waals surface area contributed by atoms with Crippen LogP contribution < -0.4 is 5.32 Å². The lowest BCUT2D eigenvalue weighted by Gasteiger charge is -2.19. The first-order valence-corrected chi connectivity index (χ1v) is 5.51. The first kappa shape index (κ1) is 10.7. The predicted octanol–water partition coefficient (Wildman–Crippen LogP) is 2.38. The quantitative estimate of drug-likeness (QED) is 0.806. The van der Waals surface area contributed by atoms with Gasteiger partial charge in [-0.15, -0.1) is 11.3 Å². The minimum atomic E-state index is 0.213. The van der Waals surface area contributed by atoms with Gasteiger partial charge in [0.05, 0.1) is 10.7 Å². The van der Waals surface area contributed by atoms with E-state index in [2.05, 4.69) is 36.5 Å². The summed E-state index contributed by atoms with van der Waals surface area (Å²) in [4.78, 5) is 4.41. The zero-order chi connectivity index (χ0) is 9.90. The van der Waals surface area contributed by atoms with Gasteiger partial charge in [0.1, 0.15) is 0 Å². The molecule has 1 heterocycles. The van der Waals surface area contributed by atoms with Gasteiger partial charge in [0.2, 0.25) is 0 Å². The molecule has 0 fully saturated rings. The molecular weight excluding hydrogens is 180 g/mol. The Hall–Kier alpha value is -0.410. The van der Waals surface area contributed by atoms with Gasteiger partial charge in [-0.2, -0.15) is 0 Å². The van der Waals surface area contributed by atoms with E-state index in [1.807, 2.05) is 6.92 Å². The number of hydrogen-bond acceptors (Lipinski definition) is 3. The fourth-order valence-electron chi connectivity index (χ4n) is 1.09. The van der Waals surface area contributed by atoms with Crippen molar-refractivity contribution in [3.63, 3.8) is 0 Å². The molecule has 0 aromatic carbocycles. The van der Waals surface area contributed by atoms with Crippen molar-refractivity contribution in [1.82, 2.24) is 10.3 Å². The van der Waals surface area contributed by atoms with Crippen molar-refractivity contribution in [2.24, 2.45) is 0 Å². The molecule has 0 amide bonds. The second-order valence-corrected chi connectivity index (χ2v) is 5.35. The largest absolute Gasteiger partial charge is 0.312 e. The van der Waals surface area contributed by atoms with Crippen molar-refractivity contribution >= 4 is 11.3 Å². The van der Waals surface area contributed by atoms with Crippen LogP contribution in [0.2, 0.25) is 0 Å². The smallest absolute Gasteiger partial charge is 0.0897 e. The van der Waals surface area contributed by atoms with Gasteiger partial charge in [-0.1, -0.05) is 0 Å². The minimum absolute atomic E-state index is 0.213. The zero-order valence-electron chi connectivity index (χ0n) is 8.85. The Bertz CT molecular complexity index is 260. The highest BCUT2D eigenvalue weighted by Crippen LogP contribution is 2.08. The molecule has 74 valence electrons. The first-order valence-electron chi connectivity index (χ1n) is 4.63. The predicted molar refractivity (Wildman–Crippen MR) is 58.3 cm³/mol. The fraction of sp³-hybridized carbons (Fsp3) is 0.700. The third-order valence-electron chi connectivity index (χ3n) is 1.70. The number of rotatable bonds is 3. The van der Waals surface area contributed by atoms with Crippen LogP contribution >= 0.6 is 11.3 Å². The molecule has 0 atom stereocenters. The summed E-state index contributed by atoms with van der Waals surface area (Å²) >= 11 is 1.72. The minimum Gasteiger partial charge on any atom is -0.312 e. The van der Waals surface area contributed by atoms with Gasteiger partial charge in [0, 0.05) is 23.9 Å². The van der Waals surface area contributed by atoms with Crippen molar-refractivity contribution in [3.8, 4) is 0 Å². The summed E-state index contributed by atoms with van der Waals surface area (Å²) in [5.74, 6) is 0.